The Hall–Kier alpha value is -0.360. The van der Waals surface area contributed by atoms with Gasteiger partial charge >= 0.3 is 0 Å². The van der Waals surface area contributed by atoms with Crippen molar-refractivity contribution in [3.63, 3.8) is 0 Å². The molecule has 3 unspecified atom stereocenters. The molecular weight excluding hydrogens is 371 g/mol. The van der Waals surface area contributed by atoms with Gasteiger partial charge in [0.2, 0.25) is 0 Å². The molecule has 0 spiro atoms. The lowest BCUT2D eigenvalue weighted by Gasteiger charge is -2.35. The van der Waals surface area contributed by atoms with Crippen LogP contribution in [0, 0.1) is 5.92 Å². The predicted octanol–water partition coefficient (Wildman–Crippen LogP) is 3.21. The zero-order valence-electron chi connectivity index (χ0n) is 15.8. The van der Waals surface area contributed by atoms with Gasteiger partial charge in [-0.05, 0) is 24.3 Å². The highest BCUT2D eigenvalue weighted by molar-refractivity contribution is 5.85. The molecule has 1 aromatic rings. The fraction of sp³-hybridized carbons (Fsp3) is 0.700. The van der Waals surface area contributed by atoms with E-state index in [-0.39, 0.29) is 30.9 Å². The van der Waals surface area contributed by atoms with Crippen molar-refractivity contribution in [3.8, 4) is 0 Å². The summed E-state index contributed by atoms with van der Waals surface area (Å²) >= 11 is 0. The van der Waals surface area contributed by atoms with Gasteiger partial charge in [0.1, 0.15) is 0 Å². The van der Waals surface area contributed by atoms with Crippen molar-refractivity contribution in [2.45, 2.75) is 44.9 Å². The van der Waals surface area contributed by atoms with Crippen LogP contribution in [0.2, 0.25) is 0 Å². The molecular formula is C20H34Cl2N2O2. The molecule has 0 bridgehead atoms. The number of piperazine rings is 1. The molecule has 0 amide bonds. The van der Waals surface area contributed by atoms with E-state index in [1.165, 1.54) is 18.4 Å². The highest BCUT2D eigenvalue weighted by atomic mass is 35.5. The first-order chi connectivity index (χ1) is 11.7. The number of β-amino-alcohol motifs (C(OH)–C–C–N with tert-alkyl or cyclic N) is 1. The maximum absolute atomic E-state index is 10.3. The third-order valence-corrected chi connectivity index (χ3v) is 5.47. The van der Waals surface area contributed by atoms with Crippen molar-refractivity contribution >= 4 is 24.8 Å². The zero-order chi connectivity index (χ0) is 16.8. The number of nitrogens with zero attached hydrogens (tertiary/aromatic N) is 2. The van der Waals surface area contributed by atoms with E-state index in [0.717, 1.165) is 45.7 Å². The minimum Gasteiger partial charge on any atom is -0.389 e. The minimum atomic E-state index is -0.363. The van der Waals surface area contributed by atoms with E-state index in [1.807, 2.05) is 0 Å². The lowest BCUT2D eigenvalue weighted by atomic mass is 10.1. The third kappa shape index (κ3) is 7.34. The first-order valence-corrected chi connectivity index (χ1v) is 9.49. The van der Waals surface area contributed by atoms with Gasteiger partial charge in [0, 0.05) is 39.3 Å². The molecule has 3 rings (SSSR count). The quantitative estimate of drug-likeness (QED) is 0.756. The van der Waals surface area contributed by atoms with Gasteiger partial charge in [-0.1, -0.05) is 43.7 Å². The maximum atomic E-state index is 10.3. The summed E-state index contributed by atoms with van der Waals surface area (Å²) in [5.74, 6) is 0.652. The molecule has 1 aromatic carbocycles. The average Bonchev–Trinajstić information content (AvgIpc) is 3.01. The number of hydrogen-bond acceptors (Lipinski definition) is 4. The Bertz CT molecular complexity index is 484. The number of aliphatic hydroxyl groups excluding tert-OH is 1. The van der Waals surface area contributed by atoms with E-state index < -0.39 is 0 Å². The molecule has 1 saturated carbocycles. The van der Waals surface area contributed by atoms with Crippen molar-refractivity contribution < 1.29 is 9.84 Å². The highest BCUT2D eigenvalue weighted by Crippen LogP contribution is 2.27. The molecule has 1 N–H and O–H groups in total. The molecule has 1 aliphatic carbocycles. The van der Waals surface area contributed by atoms with E-state index in [2.05, 4.69) is 47.1 Å². The number of hydrogen-bond donors (Lipinski definition) is 1. The molecule has 1 saturated heterocycles. The van der Waals surface area contributed by atoms with Crippen LogP contribution in [0.3, 0.4) is 0 Å². The van der Waals surface area contributed by atoms with Gasteiger partial charge in [-0.15, -0.1) is 24.8 Å². The molecule has 1 aliphatic heterocycles. The van der Waals surface area contributed by atoms with Crippen LogP contribution in [0.15, 0.2) is 30.3 Å². The van der Waals surface area contributed by atoms with Crippen LogP contribution in [0.5, 0.6) is 0 Å². The maximum Gasteiger partial charge on any atom is 0.0900 e. The summed E-state index contributed by atoms with van der Waals surface area (Å²) in [6.07, 6.45) is 3.70. The average molecular weight is 405 g/mol. The smallest absolute Gasteiger partial charge is 0.0900 e. The molecule has 3 atom stereocenters. The summed E-state index contributed by atoms with van der Waals surface area (Å²) < 4.78 is 5.93. The monoisotopic (exact) mass is 404 g/mol. The van der Waals surface area contributed by atoms with Crippen molar-refractivity contribution in [2.24, 2.45) is 5.92 Å². The standard InChI is InChI=1S/C20H32N2O2.2ClH/c1-17-6-5-9-20(17)24-16-19(23)15-22-12-10-21(11-13-22)14-18-7-3-2-4-8-18;;/h2-4,7-8,17,19-20,23H,5-6,9-16H2,1H3;2*1H. The van der Waals surface area contributed by atoms with Gasteiger partial charge < -0.3 is 9.84 Å². The van der Waals surface area contributed by atoms with E-state index in [4.69, 9.17) is 4.74 Å². The second-order valence-electron chi connectivity index (χ2n) is 7.50. The Labute approximate surface area is 170 Å². The highest BCUT2D eigenvalue weighted by Gasteiger charge is 2.25. The third-order valence-electron chi connectivity index (χ3n) is 5.47. The Morgan fingerprint density at radius 3 is 2.31 bits per heavy atom. The van der Waals surface area contributed by atoms with Gasteiger partial charge in [0.25, 0.3) is 0 Å². The van der Waals surface area contributed by atoms with E-state index in [9.17, 15) is 5.11 Å². The molecule has 6 heteroatoms. The summed E-state index contributed by atoms with van der Waals surface area (Å²) in [7, 11) is 0. The van der Waals surface area contributed by atoms with Gasteiger partial charge in [0.15, 0.2) is 0 Å². The molecule has 2 aliphatic rings. The zero-order valence-corrected chi connectivity index (χ0v) is 17.4. The summed E-state index contributed by atoms with van der Waals surface area (Å²) in [6.45, 7) is 8.72. The Morgan fingerprint density at radius 2 is 1.69 bits per heavy atom. The van der Waals surface area contributed by atoms with Gasteiger partial charge in [-0.3, -0.25) is 9.80 Å². The van der Waals surface area contributed by atoms with E-state index in [1.54, 1.807) is 0 Å². The topological polar surface area (TPSA) is 35.9 Å². The molecule has 150 valence electrons. The van der Waals surface area contributed by atoms with Crippen LogP contribution < -0.4 is 0 Å². The first kappa shape index (κ1) is 23.7. The minimum absolute atomic E-state index is 0. The lowest BCUT2D eigenvalue weighted by molar-refractivity contribution is -0.0358. The van der Waals surface area contributed by atoms with Crippen molar-refractivity contribution in [2.75, 3.05) is 39.3 Å². The summed E-state index contributed by atoms with van der Waals surface area (Å²) in [6, 6.07) is 10.7. The van der Waals surface area contributed by atoms with E-state index in [0.29, 0.717) is 18.6 Å². The van der Waals surface area contributed by atoms with Crippen LogP contribution in [0.25, 0.3) is 0 Å². The Morgan fingerprint density at radius 1 is 1.04 bits per heavy atom. The van der Waals surface area contributed by atoms with Crippen molar-refractivity contribution in [3.05, 3.63) is 35.9 Å². The number of benzene rings is 1. The molecule has 2 fully saturated rings. The molecule has 4 nitrogen and oxygen atoms in total. The van der Waals surface area contributed by atoms with E-state index >= 15 is 0 Å². The number of rotatable bonds is 7. The van der Waals surface area contributed by atoms with Crippen LogP contribution >= 0.6 is 24.8 Å². The second-order valence-corrected chi connectivity index (χ2v) is 7.50. The van der Waals surface area contributed by atoms with Gasteiger partial charge in [-0.2, -0.15) is 0 Å². The molecule has 1 heterocycles. The SMILES string of the molecule is CC1CCCC1OCC(O)CN1CCN(Cc2ccccc2)CC1.Cl.Cl. The number of halogens is 2. The normalized spacial score (nSPS) is 25.3. The van der Waals surface area contributed by atoms with Crippen LogP contribution in [0.4, 0.5) is 0 Å². The lowest BCUT2D eigenvalue weighted by Crippen LogP contribution is -2.48. The first-order valence-electron chi connectivity index (χ1n) is 9.49. The fourth-order valence-electron chi connectivity index (χ4n) is 3.92. The fourth-order valence-corrected chi connectivity index (χ4v) is 3.92. The summed E-state index contributed by atoms with van der Waals surface area (Å²) in [4.78, 5) is 4.86. The van der Waals surface area contributed by atoms with Crippen LogP contribution in [0.1, 0.15) is 31.7 Å². The Balaban J connectivity index is 0.00000169. The van der Waals surface area contributed by atoms with Crippen molar-refractivity contribution in [1.82, 2.24) is 9.80 Å². The van der Waals surface area contributed by atoms with Crippen molar-refractivity contribution in [1.29, 1.82) is 0 Å². The van der Waals surface area contributed by atoms with Gasteiger partial charge in [-0.25, -0.2) is 0 Å². The summed E-state index contributed by atoms with van der Waals surface area (Å²) in [5, 5.41) is 10.3. The van der Waals surface area contributed by atoms with Gasteiger partial charge in [0.05, 0.1) is 18.8 Å². The Kier molecular flexibility index (Phi) is 11.1. The summed E-state index contributed by atoms with van der Waals surface area (Å²) in [5.41, 5.74) is 1.38. The van der Waals surface area contributed by atoms with Crippen LogP contribution in [-0.2, 0) is 11.3 Å². The van der Waals surface area contributed by atoms with Crippen LogP contribution in [-0.4, -0.2) is 66.4 Å². The molecule has 0 aromatic heterocycles. The second kappa shape index (κ2) is 12.2. The molecule has 0 radical (unpaired) electrons. The molecule has 26 heavy (non-hydrogen) atoms. The largest absolute Gasteiger partial charge is 0.389 e. The predicted molar refractivity (Wildman–Crippen MR) is 111 cm³/mol. The number of ether oxygens (including phenoxy) is 1. The number of aliphatic hydroxyl groups is 1.